The minimum absolute atomic E-state index is 0.361. The number of carbonyl (C=O) groups is 1. The van der Waals surface area contributed by atoms with Gasteiger partial charge in [-0.2, -0.15) is 0 Å². The third-order valence-electron chi connectivity index (χ3n) is 1.64. The summed E-state index contributed by atoms with van der Waals surface area (Å²) in [5.74, 6) is -0.368. The van der Waals surface area contributed by atoms with E-state index in [1.165, 1.54) is 7.11 Å². The summed E-state index contributed by atoms with van der Waals surface area (Å²) in [6.45, 7) is 2.12. The predicted octanol–water partition coefficient (Wildman–Crippen LogP) is 1.27. The highest BCUT2D eigenvalue weighted by Crippen LogP contribution is 2.15. The quantitative estimate of drug-likeness (QED) is 0.715. The van der Waals surface area contributed by atoms with Crippen molar-refractivity contribution >= 4 is 5.97 Å². The number of carbonyl (C=O) groups excluding carboxylic acids is 1. The van der Waals surface area contributed by atoms with Gasteiger partial charge in [0, 0.05) is 13.3 Å². The van der Waals surface area contributed by atoms with Gasteiger partial charge >= 0.3 is 5.97 Å². The Kier molecular flexibility index (Phi) is 3.52. The molecule has 1 atom stereocenters. The Bertz CT molecular complexity index is 256. The standard InChI is InChI=1S/C9H13NO3/c1-3-13-9(11)8(12-2)7-5-4-6-10-7/h4-6,8,10H,3H2,1-2H3. The van der Waals surface area contributed by atoms with Crippen LogP contribution in [0.25, 0.3) is 0 Å². The molecule has 0 spiro atoms. The van der Waals surface area contributed by atoms with Crippen LogP contribution in [0.4, 0.5) is 0 Å². The fourth-order valence-electron chi connectivity index (χ4n) is 1.08. The van der Waals surface area contributed by atoms with Gasteiger partial charge in [0.15, 0.2) is 6.10 Å². The number of ether oxygens (including phenoxy) is 2. The number of rotatable bonds is 4. The molecule has 1 aromatic rings. The van der Waals surface area contributed by atoms with Gasteiger partial charge in [-0.05, 0) is 19.1 Å². The minimum atomic E-state index is -0.644. The van der Waals surface area contributed by atoms with E-state index in [0.717, 1.165) is 0 Å². The second-order valence-electron chi connectivity index (χ2n) is 2.49. The molecule has 0 radical (unpaired) electrons. The normalized spacial score (nSPS) is 12.5. The second-order valence-corrected chi connectivity index (χ2v) is 2.49. The molecule has 0 aromatic carbocycles. The summed E-state index contributed by atoms with van der Waals surface area (Å²) in [5, 5.41) is 0. The average molecular weight is 183 g/mol. The number of methoxy groups -OCH3 is 1. The van der Waals surface area contributed by atoms with Crippen LogP contribution in [0.2, 0.25) is 0 Å². The number of esters is 1. The van der Waals surface area contributed by atoms with Gasteiger partial charge in [-0.3, -0.25) is 0 Å². The summed E-state index contributed by atoms with van der Waals surface area (Å²) in [5.41, 5.74) is 0.709. The minimum Gasteiger partial charge on any atom is -0.464 e. The van der Waals surface area contributed by atoms with E-state index in [-0.39, 0.29) is 5.97 Å². The van der Waals surface area contributed by atoms with E-state index >= 15 is 0 Å². The highest BCUT2D eigenvalue weighted by molar-refractivity contribution is 5.75. The van der Waals surface area contributed by atoms with E-state index in [0.29, 0.717) is 12.3 Å². The molecule has 1 unspecified atom stereocenters. The van der Waals surface area contributed by atoms with Crippen molar-refractivity contribution in [1.29, 1.82) is 0 Å². The van der Waals surface area contributed by atoms with E-state index < -0.39 is 6.10 Å². The Morgan fingerprint density at radius 3 is 2.92 bits per heavy atom. The van der Waals surface area contributed by atoms with E-state index in [9.17, 15) is 4.79 Å². The van der Waals surface area contributed by atoms with Gasteiger partial charge in [-0.1, -0.05) is 0 Å². The van der Waals surface area contributed by atoms with Crippen molar-refractivity contribution in [1.82, 2.24) is 4.98 Å². The Morgan fingerprint density at radius 1 is 1.69 bits per heavy atom. The van der Waals surface area contributed by atoms with Crippen molar-refractivity contribution in [2.75, 3.05) is 13.7 Å². The summed E-state index contributed by atoms with van der Waals surface area (Å²) >= 11 is 0. The topological polar surface area (TPSA) is 51.3 Å². The van der Waals surface area contributed by atoms with Crippen molar-refractivity contribution in [3.05, 3.63) is 24.0 Å². The third kappa shape index (κ3) is 2.32. The van der Waals surface area contributed by atoms with Crippen molar-refractivity contribution < 1.29 is 14.3 Å². The first-order valence-corrected chi connectivity index (χ1v) is 4.12. The molecule has 0 amide bonds. The lowest BCUT2D eigenvalue weighted by Crippen LogP contribution is -2.17. The maximum atomic E-state index is 11.3. The summed E-state index contributed by atoms with van der Waals surface area (Å²) in [6, 6.07) is 3.59. The zero-order valence-electron chi connectivity index (χ0n) is 7.74. The van der Waals surface area contributed by atoms with Crippen molar-refractivity contribution in [2.24, 2.45) is 0 Å². The van der Waals surface area contributed by atoms with Crippen LogP contribution in [0.3, 0.4) is 0 Å². The lowest BCUT2D eigenvalue weighted by Gasteiger charge is -2.11. The van der Waals surface area contributed by atoms with E-state index in [2.05, 4.69) is 4.98 Å². The molecule has 1 rings (SSSR count). The molecule has 0 bridgehead atoms. The first kappa shape index (κ1) is 9.80. The highest BCUT2D eigenvalue weighted by atomic mass is 16.6. The molecule has 0 saturated carbocycles. The van der Waals surface area contributed by atoms with Crippen LogP contribution in [0.5, 0.6) is 0 Å². The predicted molar refractivity (Wildman–Crippen MR) is 47.2 cm³/mol. The maximum Gasteiger partial charge on any atom is 0.341 e. The zero-order chi connectivity index (χ0) is 9.68. The van der Waals surface area contributed by atoms with Gasteiger partial charge in [-0.15, -0.1) is 0 Å². The number of hydrogen-bond acceptors (Lipinski definition) is 3. The highest BCUT2D eigenvalue weighted by Gasteiger charge is 2.21. The van der Waals surface area contributed by atoms with Gasteiger partial charge in [0.05, 0.1) is 12.3 Å². The Balaban J connectivity index is 2.68. The molecule has 1 aromatic heterocycles. The number of aromatic nitrogens is 1. The van der Waals surface area contributed by atoms with Crippen LogP contribution in [0, 0.1) is 0 Å². The van der Waals surface area contributed by atoms with E-state index in [1.54, 1.807) is 25.3 Å². The monoisotopic (exact) mass is 183 g/mol. The first-order valence-electron chi connectivity index (χ1n) is 4.12. The molecule has 1 heterocycles. The first-order chi connectivity index (χ1) is 6.29. The molecular weight excluding hydrogens is 170 g/mol. The largest absolute Gasteiger partial charge is 0.464 e. The summed E-state index contributed by atoms with van der Waals surface area (Å²) in [7, 11) is 1.47. The molecular formula is C9H13NO3. The SMILES string of the molecule is CCOC(=O)C(OC)c1ccc[nH]1. The van der Waals surface area contributed by atoms with Crippen molar-refractivity contribution in [3.63, 3.8) is 0 Å². The smallest absolute Gasteiger partial charge is 0.341 e. The molecule has 1 N–H and O–H groups in total. The molecule has 0 aliphatic carbocycles. The van der Waals surface area contributed by atoms with Crippen LogP contribution in [-0.2, 0) is 14.3 Å². The van der Waals surface area contributed by atoms with Gasteiger partial charge in [0.25, 0.3) is 0 Å². The van der Waals surface area contributed by atoms with Gasteiger partial charge in [-0.25, -0.2) is 4.79 Å². The Morgan fingerprint density at radius 2 is 2.46 bits per heavy atom. The second kappa shape index (κ2) is 4.67. The van der Waals surface area contributed by atoms with E-state index in [4.69, 9.17) is 9.47 Å². The molecule has 72 valence electrons. The molecule has 4 nitrogen and oxygen atoms in total. The molecule has 0 fully saturated rings. The molecule has 0 aliphatic heterocycles. The summed E-state index contributed by atoms with van der Waals surface area (Å²) in [4.78, 5) is 14.2. The molecule has 4 heteroatoms. The fraction of sp³-hybridized carbons (Fsp3) is 0.444. The van der Waals surface area contributed by atoms with Crippen LogP contribution >= 0.6 is 0 Å². The number of H-pyrrole nitrogens is 1. The van der Waals surface area contributed by atoms with Crippen LogP contribution in [-0.4, -0.2) is 24.7 Å². The van der Waals surface area contributed by atoms with Gasteiger partial charge in [0.2, 0.25) is 0 Å². The fourth-order valence-corrected chi connectivity index (χ4v) is 1.08. The number of aromatic amines is 1. The van der Waals surface area contributed by atoms with E-state index in [1.807, 2.05) is 0 Å². The number of nitrogens with one attached hydrogen (secondary N) is 1. The van der Waals surface area contributed by atoms with Crippen LogP contribution < -0.4 is 0 Å². The molecule has 13 heavy (non-hydrogen) atoms. The third-order valence-corrected chi connectivity index (χ3v) is 1.64. The Labute approximate surface area is 76.9 Å². The average Bonchev–Trinajstić information content (AvgIpc) is 2.59. The maximum absolute atomic E-state index is 11.3. The van der Waals surface area contributed by atoms with Gasteiger partial charge < -0.3 is 14.5 Å². The molecule has 0 aliphatic rings. The zero-order valence-corrected chi connectivity index (χ0v) is 7.74. The summed E-state index contributed by atoms with van der Waals surface area (Å²) in [6.07, 6.45) is 1.09. The lowest BCUT2D eigenvalue weighted by atomic mass is 10.2. The van der Waals surface area contributed by atoms with Crippen LogP contribution in [0.15, 0.2) is 18.3 Å². The number of hydrogen-bond donors (Lipinski definition) is 1. The van der Waals surface area contributed by atoms with Crippen LogP contribution in [0.1, 0.15) is 18.7 Å². The van der Waals surface area contributed by atoms with Crippen molar-refractivity contribution in [2.45, 2.75) is 13.0 Å². The lowest BCUT2D eigenvalue weighted by molar-refractivity contribution is -0.155. The van der Waals surface area contributed by atoms with Gasteiger partial charge in [0.1, 0.15) is 0 Å². The van der Waals surface area contributed by atoms with Crippen molar-refractivity contribution in [3.8, 4) is 0 Å². The Hall–Kier alpha value is -1.29. The molecule has 0 saturated heterocycles. The summed E-state index contributed by atoms with van der Waals surface area (Å²) < 4.78 is 9.84.